The van der Waals surface area contributed by atoms with Crippen molar-refractivity contribution in [3.05, 3.63) is 23.8 Å². The third kappa shape index (κ3) is 5.69. The predicted octanol–water partition coefficient (Wildman–Crippen LogP) is 2.19. The number of rotatable bonds is 6. The number of carbonyl (C=O) groups excluding carboxylic acids is 2. The minimum atomic E-state index is -0.252. The Hall–Kier alpha value is -1.79. The van der Waals surface area contributed by atoms with Crippen LogP contribution in [0.3, 0.4) is 0 Å². The van der Waals surface area contributed by atoms with Crippen LogP contribution in [-0.4, -0.2) is 39.1 Å². The fourth-order valence-corrected chi connectivity index (χ4v) is 2.80. The second-order valence-corrected chi connectivity index (χ2v) is 5.77. The quantitative estimate of drug-likeness (QED) is 0.730. The molecule has 0 saturated carbocycles. The second-order valence-electron chi connectivity index (χ2n) is 5.77. The Balaban J connectivity index is 0.00000288. The molecule has 2 rings (SSSR count). The summed E-state index contributed by atoms with van der Waals surface area (Å²) in [6, 6.07) is 5.06. The first kappa shape index (κ1) is 20.3. The van der Waals surface area contributed by atoms with E-state index in [1.165, 1.54) is 0 Å². The summed E-state index contributed by atoms with van der Waals surface area (Å²) < 4.78 is 5.14. The van der Waals surface area contributed by atoms with Gasteiger partial charge in [-0.15, -0.1) is 12.4 Å². The zero-order valence-corrected chi connectivity index (χ0v) is 15.0. The molecule has 3 N–H and O–H groups in total. The average Bonchev–Trinajstić information content (AvgIpc) is 2.60. The lowest BCUT2D eigenvalue weighted by Gasteiger charge is -2.22. The molecule has 0 bridgehead atoms. The highest BCUT2D eigenvalue weighted by molar-refractivity contribution is 6.04. The minimum absolute atomic E-state index is 0. The molecule has 0 unspecified atom stereocenters. The van der Waals surface area contributed by atoms with E-state index in [9.17, 15) is 9.59 Å². The van der Waals surface area contributed by atoms with E-state index in [-0.39, 0.29) is 24.2 Å². The summed E-state index contributed by atoms with van der Waals surface area (Å²) in [6.45, 7) is 2.07. The normalized spacial score (nSPS) is 14.4. The van der Waals surface area contributed by atoms with E-state index in [1.54, 1.807) is 32.4 Å². The van der Waals surface area contributed by atoms with Crippen molar-refractivity contribution in [3.63, 3.8) is 0 Å². The van der Waals surface area contributed by atoms with Crippen LogP contribution < -0.4 is 20.7 Å². The number of hydrogen-bond donors (Lipinski definition) is 3. The van der Waals surface area contributed by atoms with Crippen LogP contribution in [0, 0.1) is 5.92 Å². The Bertz CT molecular complexity index is 560. The summed E-state index contributed by atoms with van der Waals surface area (Å²) in [6.07, 6.45) is 3.61. The van der Waals surface area contributed by atoms with Gasteiger partial charge in [0.2, 0.25) is 5.91 Å². The van der Waals surface area contributed by atoms with Crippen molar-refractivity contribution in [2.24, 2.45) is 5.92 Å². The van der Waals surface area contributed by atoms with Gasteiger partial charge in [0.25, 0.3) is 5.91 Å². The molecule has 1 saturated heterocycles. The van der Waals surface area contributed by atoms with Crippen molar-refractivity contribution in [2.75, 3.05) is 32.6 Å². The van der Waals surface area contributed by atoms with E-state index in [0.717, 1.165) is 32.4 Å². The first-order valence-electron chi connectivity index (χ1n) is 8.04. The summed E-state index contributed by atoms with van der Waals surface area (Å²) in [4.78, 5) is 24.1. The number of benzene rings is 1. The van der Waals surface area contributed by atoms with Gasteiger partial charge in [0, 0.05) is 13.5 Å². The zero-order valence-electron chi connectivity index (χ0n) is 14.2. The Morgan fingerprint density at radius 2 is 2.00 bits per heavy atom. The van der Waals surface area contributed by atoms with Crippen LogP contribution in [-0.2, 0) is 4.79 Å². The minimum Gasteiger partial charge on any atom is -0.497 e. The third-order valence-electron chi connectivity index (χ3n) is 4.21. The molecule has 6 nitrogen and oxygen atoms in total. The smallest absolute Gasteiger partial charge is 0.253 e. The largest absolute Gasteiger partial charge is 0.497 e. The molecule has 0 aromatic heterocycles. The van der Waals surface area contributed by atoms with E-state index in [2.05, 4.69) is 16.0 Å². The Labute approximate surface area is 149 Å². The SMILES string of the molecule is CNC(=O)c1cc(OC)ccc1NC(=O)CCC1CCNCC1.Cl. The molecule has 7 heteroatoms. The first-order chi connectivity index (χ1) is 11.1. The fourth-order valence-electron chi connectivity index (χ4n) is 2.80. The second kappa shape index (κ2) is 10.2. The van der Waals surface area contributed by atoms with Gasteiger partial charge in [0.15, 0.2) is 0 Å². The number of piperidine rings is 1. The Morgan fingerprint density at radius 3 is 2.62 bits per heavy atom. The highest BCUT2D eigenvalue weighted by Crippen LogP contribution is 2.23. The number of amides is 2. The van der Waals surface area contributed by atoms with Gasteiger partial charge in [0.05, 0.1) is 18.4 Å². The van der Waals surface area contributed by atoms with E-state index in [0.29, 0.717) is 29.3 Å². The summed E-state index contributed by atoms with van der Waals surface area (Å²) in [5.74, 6) is 0.879. The lowest BCUT2D eigenvalue weighted by molar-refractivity contribution is -0.116. The molecule has 1 fully saturated rings. The van der Waals surface area contributed by atoms with Gasteiger partial charge < -0.3 is 20.7 Å². The highest BCUT2D eigenvalue weighted by atomic mass is 35.5. The van der Waals surface area contributed by atoms with Crippen LogP contribution in [0.4, 0.5) is 5.69 Å². The molecule has 0 aliphatic carbocycles. The molecule has 1 aromatic rings. The summed E-state index contributed by atoms with van der Waals surface area (Å²) in [5.41, 5.74) is 0.919. The number of ether oxygens (including phenoxy) is 1. The Kier molecular flexibility index (Phi) is 8.57. The van der Waals surface area contributed by atoms with Crippen LogP contribution in [0.25, 0.3) is 0 Å². The number of halogens is 1. The van der Waals surface area contributed by atoms with Crippen LogP contribution in [0.1, 0.15) is 36.0 Å². The molecule has 24 heavy (non-hydrogen) atoms. The molecule has 1 aliphatic rings. The van der Waals surface area contributed by atoms with E-state index in [1.807, 2.05) is 0 Å². The standard InChI is InChI=1S/C17H25N3O3.ClH/c1-18-17(22)14-11-13(23-2)4-5-15(14)20-16(21)6-3-12-7-9-19-10-8-12;/h4-5,11-12,19H,3,6-10H2,1-2H3,(H,18,22)(H,20,21);1H. The number of methoxy groups -OCH3 is 1. The maximum absolute atomic E-state index is 12.2. The number of carbonyl (C=O) groups is 2. The first-order valence-corrected chi connectivity index (χ1v) is 8.04. The van der Waals surface area contributed by atoms with Crippen molar-refractivity contribution >= 4 is 29.9 Å². The summed E-state index contributed by atoms with van der Waals surface area (Å²) >= 11 is 0. The maximum Gasteiger partial charge on any atom is 0.253 e. The lowest BCUT2D eigenvalue weighted by atomic mass is 9.93. The molecule has 0 atom stereocenters. The molecule has 1 aliphatic heterocycles. The predicted molar refractivity (Wildman–Crippen MR) is 97.1 cm³/mol. The van der Waals surface area contributed by atoms with E-state index < -0.39 is 0 Å². The van der Waals surface area contributed by atoms with Crippen molar-refractivity contribution in [1.82, 2.24) is 10.6 Å². The number of anilines is 1. The maximum atomic E-state index is 12.2. The van der Waals surface area contributed by atoms with Crippen LogP contribution in [0.15, 0.2) is 18.2 Å². The molecule has 1 heterocycles. The average molecular weight is 356 g/mol. The molecular formula is C17H26ClN3O3. The monoisotopic (exact) mass is 355 g/mol. The van der Waals surface area contributed by atoms with Gasteiger partial charge in [0.1, 0.15) is 5.75 Å². The van der Waals surface area contributed by atoms with Gasteiger partial charge in [-0.25, -0.2) is 0 Å². The van der Waals surface area contributed by atoms with E-state index in [4.69, 9.17) is 4.74 Å². The Morgan fingerprint density at radius 1 is 1.29 bits per heavy atom. The molecule has 0 radical (unpaired) electrons. The summed E-state index contributed by atoms with van der Waals surface area (Å²) in [5, 5.41) is 8.75. The van der Waals surface area contributed by atoms with Crippen LogP contribution in [0.2, 0.25) is 0 Å². The molecule has 2 amide bonds. The van der Waals surface area contributed by atoms with Crippen molar-refractivity contribution in [3.8, 4) is 5.75 Å². The van der Waals surface area contributed by atoms with Crippen LogP contribution in [0.5, 0.6) is 5.75 Å². The third-order valence-corrected chi connectivity index (χ3v) is 4.21. The molecule has 1 aromatic carbocycles. The van der Waals surface area contributed by atoms with E-state index >= 15 is 0 Å². The van der Waals surface area contributed by atoms with Gasteiger partial charge in [-0.2, -0.15) is 0 Å². The zero-order chi connectivity index (χ0) is 16.7. The van der Waals surface area contributed by atoms with Crippen molar-refractivity contribution < 1.29 is 14.3 Å². The molecule has 0 spiro atoms. The van der Waals surface area contributed by atoms with Gasteiger partial charge in [-0.05, 0) is 56.5 Å². The molecule has 134 valence electrons. The number of nitrogens with one attached hydrogen (secondary N) is 3. The number of hydrogen-bond acceptors (Lipinski definition) is 4. The van der Waals surface area contributed by atoms with Gasteiger partial charge in [-0.1, -0.05) is 0 Å². The lowest BCUT2D eigenvalue weighted by Crippen LogP contribution is -2.28. The van der Waals surface area contributed by atoms with Crippen LogP contribution >= 0.6 is 12.4 Å². The fraction of sp³-hybridized carbons (Fsp3) is 0.529. The molecular weight excluding hydrogens is 330 g/mol. The van der Waals surface area contributed by atoms with Crippen molar-refractivity contribution in [2.45, 2.75) is 25.7 Å². The van der Waals surface area contributed by atoms with Crippen molar-refractivity contribution in [1.29, 1.82) is 0 Å². The van der Waals surface area contributed by atoms with Gasteiger partial charge in [-0.3, -0.25) is 9.59 Å². The van der Waals surface area contributed by atoms with Gasteiger partial charge >= 0.3 is 0 Å². The topological polar surface area (TPSA) is 79.5 Å². The summed E-state index contributed by atoms with van der Waals surface area (Å²) in [7, 11) is 3.10. The highest BCUT2D eigenvalue weighted by Gasteiger charge is 2.17.